The number of nitrogens with zero attached hydrogens (tertiary/aromatic N) is 3. The van der Waals surface area contributed by atoms with Gasteiger partial charge in [-0.25, -0.2) is 26.4 Å². The molecular weight excluding hydrogens is 669 g/mol. The van der Waals surface area contributed by atoms with E-state index >= 15 is 0 Å². The third kappa shape index (κ3) is 10.2. The lowest BCUT2D eigenvalue weighted by Crippen LogP contribution is -2.30. The Morgan fingerprint density at radius 2 is 1.37 bits per heavy atom. The molecule has 0 amide bonds. The number of nitrogens with one attached hydrogen (secondary N) is 1. The largest absolute Gasteiger partial charge is 0.478 e. The van der Waals surface area contributed by atoms with Crippen molar-refractivity contribution in [2.75, 3.05) is 9.03 Å². The highest BCUT2D eigenvalue weighted by molar-refractivity contribution is 7.93. The maximum absolute atomic E-state index is 13.2. The minimum Gasteiger partial charge on any atom is -0.478 e. The van der Waals surface area contributed by atoms with E-state index in [4.69, 9.17) is 4.74 Å². The van der Waals surface area contributed by atoms with E-state index in [9.17, 15) is 31.5 Å². The van der Waals surface area contributed by atoms with Crippen LogP contribution in [0.5, 0.6) is 0 Å². The molecule has 0 spiro atoms. The van der Waals surface area contributed by atoms with Gasteiger partial charge in [-0.15, -0.1) is 0 Å². The molecule has 0 radical (unpaired) electrons. The third-order valence-corrected chi connectivity index (χ3v) is 9.59. The molecular formula is C35H34N4O8S2. The first-order chi connectivity index (χ1) is 23.2. The number of hydrogen-bond acceptors (Lipinski definition) is 9. The normalized spacial score (nSPS) is 11.4. The van der Waals surface area contributed by atoms with E-state index < -0.39 is 37.6 Å². The van der Waals surface area contributed by atoms with E-state index in [1.54, 1.807) is 51.1 Å². The highest BCUT2D eigenvalue weighted by Gasteiger charge is 2.26. The van der Waals surface area contributed by atoms with Crippen molar-refractivity contribution < 1.29 is 36.3 Å². The number of sulfonamides is 2. The molecule has 2 aromatic heterocycles. The zero-order chi connectivity index (χ0) is 35.7. The Hall–Kier alpha value is -5.60. The van der Waals surface area contributed by atoms with Gasteiger partial charge in [0.05, 0.1) is 23.4 Å². The summed E-state index contributed by atoms with van der Waals surface area (Å²) in [4.78, 5) is 31.1. The average Bonchev–Trinajstić information content (AvgIpc) is 3.08. The summed E-state index contributed by atoms with van der Waals surface area (Å²) in [5.41, 5.74) is 0.992. The van der Waals surface area contributed by atoms with Crippen molar-refractivity contribution in [3.05, 3.63) is 145 Å². The first-order valence-electron chi connectivity index (χ1n) is 14.7. The number of hydrogen-bond donors (Lipinski definition) is 2. The molecule has 0 aliphatic rings. The van der Waals surface area contributed by atoms with Crippen LogP contribution >= 0.6 is 0 Å². The molecule has 0 aliphatic heterocycles. The standard InChI is InChI=1S/C19H16N2O4S.C16H18N2O4S/c22-19(23)16-8-4-9-17(12-16)21(14-15-6-2-1-3-7-15)26(24,25)18-10-5-11-20-13-18;1-16(2,3)22-15(19)12-6-4-7-13(10-12)18-23(20,21)14-8-5-9-17-11-14/h1-13H,14H2,(H,22,23);4-11,18H,1-3H3. The van der Waals surface area contributed by atoms with Gasteiger partial charge in [0.15, 0.2) is 0 Å². The maximum atomic E-state index is 13.2. The molecule has 5 rings (SSSR count). The van der Waals surface area contributed by atoms with Crippen LogP contribution < -0.4 is 9.03 Å². The molecule has 14 heteroatoms. The molecule has 0 bridgehead atoms. The van der Waals surface area contributed by atoms with Crippen LogP contribution in [0.15, 0.2) is 138 Å². The number of carbonyl (C=O) groups excluding carboxylic acids is 1. The van der Waals surface area contributed by atoms with E-state index in [2.05, 4.69) is 14.7 Å². The molecule has 0 atom stereocenters. The van der Waals surface area contributed by atoms with Crippen molar-refractivity contribution in [3.63, 3.8) is 0 Å². The van der Waals surface area contributed by atoms with Crippen LogP contribution in [0.1, 0.15) is 47.1 Å². The van der Waals surface area contributed by atoms with Crippen molar-refractivity contribution in [2.45, 2.75) is 42.7 Å². The molecule has 5 aromatic rings. The number of aromatic carboxylic acids is 1. The molecule has 0 unspecified atom stereocenters. The highest BCUT2D eigenvalue weighted by atomic mass is 32.2. The number of esters is 1. The molecule has 0 saturated heterocycles. The van der Waals surface area contributed by atoms with Crippen LogP contribution in [0.4, 0.5) is 11.4 Å². The summed E-state index contributed by atoms with van der Waals surface area (Å²) in [6, 6.07) is 27.1. The predicted octanol–water partition coefficient (Wildman–Crippen LogP) is 6.01. The molecule has 2 heterocycles. The van der Waals surface area contributed by atoms with Crippen molar-refractivity contribution in [3.8, 4) is 0 Å². The topological polar surface area (TPSA) is 173 Å². The van der Waals surface area contributed by atoms with E-state index in [-0.39, 0.29) is 38.8 Å². The first-order valence-corrected chi connectivity index (χ1v) is 17.6. The van der Waals surface area contributed by atoms with Gasteiger partial charge in [0, 0.05) is 30.5 Å². The number of anilines is 2. The number of ether oxygens (including phenoxy) is 1. The summed E-state index contributed by atoms with van der Waals surface area (Å²) < 4.78 is 59.7. The fourth-order valence-corrected chi connectivity index (χ4v) is 6.67. The molecule has 49 heavy (non-hydrogen) atoms. The monoisotopic (exact) mass is 702 g/mol. The van der Waals surface area contributed by atoms with Gasteiger partial charge in [-0.3, -0.25) is 19.0 Å². The van der Waals surface area contributed by atoms with Crippen molar-refractivity contribution in [2.24, 2.45) is 0 Å². The molecule has 2 N–H and O–H groups in total. The molecule has 254 valence electrons. The Kier molecular flexibility index (Phi) is 11.5. The van der Waals surface area contributed by atoms with E-state index in [0.717, 1.165) is 5.56 Å². The van der Waals surface area contributed by atoms with Gasteiger partial charge in [0.25, 0.3) is 20.0 Å². The van der Waals surface area contributed by atoms with Gasteiger partial charge in [-0.1, -0.05) is 42.5 Å². The second-order valence-corrected chi connectivity index (χ2v) is 15.0. The van der Waals surface area contributed by atoms with Crippen LogP contribution in [0.3, 0.4) is 0 Å². The molecule has 0 fully saturated rings. The van der Waals surface area contributed by atoms with Crippen LogP contribution in [0.25, 0.3) is 0 Å². The Labute approximate surface area is 285 Å². The van der Waals surface area contributed by atoms with E-state index in [1.165, 1.54) is 71.6 Å². The fraction of sp³-hybridized carbons (Fsp3) is 0.143. The minimum atomic E-state index is -3.92. The lowest BCUT2D eigenvalue weighted by molar-refractivity contribution is 0.00692. The Bertz CT molecular complexity index is 2110. The zero-order valence-corrected chi connectivity index (χ0v) is 28.4. The summed E-state index contributed by atoms with van der Waals surface area (Å²) in [5.74, 6) is -1.63. The van der Waals surface area contributed by atoms with Crippen LogP contribution in [-0.4, -0.2) is 49.4 Å². The van der Waals surface area contributed by atoms with Gasteiger partial charge in [0.2, 0.25) is 0 Å². The zero-order valence-electron chi connectivity index (χ0n) is 26.8. The molecule has 0 saturated carbocycles. The second kappa shape index (κ2) is 15.5. The van der Waals surface area contributed by atoms with Gasteiger partial charge in [-0.05, 0) is 87.0 Å². The van der Waals surface area contributed by atoms with Gasteiger partial charge in [0.1, 0.15) is 15.4 Å². The van der Waals surface area contributed by atoms with E-state index in [1.807, 2.05) is 30.3 Å². The number of carbonyl (C=O) groups is 2. The number of carboxylic acid groups (broad SMARTS) is 1. The lowest BCUT2D eigenvalue weighted by Gasteiger charge is -2.25. The first kappa shape index (κ1) is 36.2. The average molecular weight is 703 g/mol. The summed E-state index contributed by atoms with van der Waals surface area (Å²) in [6.07, 6.45) is 5.50. The van der Waals surface area contributed by atoms with Crippen molar-refractivity contribution in [1.29, 1.82) is 0 Å². The Balaban J connectivity index is 0.000000223. The number of aromatic nitrogens is 2. The molecule has 12 nitrogen and oxygen atoms in total. The van der Waals surface area contributed by atoms with Crippen LogP contribution in [0.2, 0.25) is 0 Å². The Morgan fingerprint density at radius 3 is 1.96 bits per heavy atom. The summed E-state index contributed by atoms with van der Waals surface area (Å²) in [6.45, 7) is 5.36. The minimum absolute atomic E-state index is 0.0157. The van der Waals surface area contributed by atoms with Crippen LogP contribution in [-0.2, 0) is 31.3 Å². The SMILES string of the molecule is CC(C)(C)OC(=O)c1cccc(NS(=O)(=O)c2cccnc2)c1.O=C(O)c1cccc(N(Cc2ccccc2)S(=O)(=O)c2cccnc2)c1. The molecule has 3 aromatic carbocycles. The Morgan fingerprint density at radius 1 is 0.755 bits per heavy atom. The summed E-state index contributed by atoms with van der Waals surface area (Å²) >= 11 is 0. The van der Waals surface area contributed by atoms with Crippen molar-refractivity contribution in [1.82, 2.24) is 9.97 Å². The van der Waals surface area contributed by atoms with E-state index in [0.29, 0.717) is 0 Å². The van der Waals surface area contributed by atoms with Crippen molar-refractivity contribution >= 4 is 43.4 Å². The number of pyridine rings is 2. The second-order valence-electron chi connectivity index (χ2n) is 11.4. The lowest BCUT2D eigenvalue weighted by atomic mass is 10.1. The number of benzene rings is 3. The number of carboxylic acids is 1. The van der Waals surface area contributed by atoms with Crippen LogP contribution in [0, 0.1) is 0 Å². The summed E-state index contributed by atoms with van der Waals surface area (Å²) in [5, 5.41) is 9.22. The van der Waals surface area contributed by atoms with Gasteiger partial charge in [-0.2, -0.15) is 0 Å². The molecule has 0 aliphatic carbocycles. The quantitative estimate of drug-likeness (QED) is 0.164. The van der Waals surface area contributed by atoms with Gasteiger partial charge >= 0.3 is 11.9 Å². The smallest absolute Gasteiger partial charge is 0.338 e. The third-order valence-electron chi connectivity index (χ3n) is 6.47. The highest BCUT2D eigenvalue weighted by Crippen LogP contribution is 2.27. The van der Waals surface area contributed by atoms with Gasteiger partial charge < -0.3 is 9.84 Å². The fourth-order valence-electron chi connectivity index (χ4n) is 4.25. The number of rotatable bonds is 10. The maximum Gasteiger partial charge on any atom is 0.338 e. The summed E-state index contributed by atoms with van der Waals surface area (Å²) in [7, 11) is -7.67. The predicted molar refractivity (Wildman–Crippen MR) is 184 cm³/mol.